The third-order valence-corrected chi connectivity index (χ3v) is 4.20. The number of carboxylic acids is 1. The van der Waals surface area contributed by atoms with Crippen molar-refractivity contribution in [1.29, 1.82) is 0 Å². The molecule has 5 nitrogen and oxygen atoms in total. The molecular formula is C15H21NO4S. The summed E-state index contributed by atoms with van der Waals surface area (Å²) in [6.45, 7) is 4.20. The fraction of sp³-hybridized carbons (Fsp3) is 0.467. The van der Waals surface area contributed by atoms with Gasteiger partial charge in [-0.25, -0.2) is 4.79 Å². The number of nitrogens with zero attached hydrogens (tertiary/aromatic N) is 1. The van der Waals surface area contributed by atoms with E-state index in [1.807, 2.05) is 13.8 Å². The second-order valence-electron chi connectivity index (χ2n) is 4.57. The number of aliphatic carboxylic acids is 1. The van der Waals surface area contributed by atoms with Crippen LogP contribution in [0.2, 0.25) is 0 Å². The molecule has 0 spiro atoms. The van der Waals surface area contributed by atoms with Crippen LogP contribution in [0.5, 0.6) is 0 Å². The van der Waals surface area contributed by atoms with E-state index in [2.05, 4.69) is 0 Å². The molecule has 0 atom stereocenters. The maximum absolute atomic E-state index is 12.7. The van der Waals surface area contributed by atoms with Gasteiger partial charge < -0.3 is 15.1 Å². The molecular weight excluding hydrogens is 290 g/mol. The van der Waals surface area contributed by atoms with Gasteiger partial charge in [0, 0.05) is 18.7 Å². The minimum absolute atomic E-state index is 0.0723. The highest BCUT2D eigenvalue weighted by Crippen LogP contribution is 2.22. The van der Waals surface area contributed by atoms with Crippen LogP contribution >= 0.6 is 11.3 Å². The normalized spacial score (nSPS) is 11.2. The largest absolute Gasteiger partial charge is 0.478 e. The number of rotatable bonds is 8. The van der Waals surface area contributed by atoms with Gasteiger partial charge in [0.05, 0.1) is 11.5 Å². The Balaban J connectivity index is 3.04. The second-order valence-corrected chi connectivity index (χ2v) is 5.49. The van der Waals surface area contributed by atoms with Crippen molar-refractivity contribution in [3.05, 3.63) is 28.0 Å². The highest BCUT2D eigenvalue weighted by molar-refractivity contribution is 7.12. The summed E-state index contributed by atoms with van der Waals surface area (Å²) >= 11 is 1.28. The minimum Gasteiger partial charge on any atom is -0.478 e. The molecule has 0 aliphatic carbocycles. The maximum atomic E-state index is 12.7. The van der Waals surface area contributed by atoms with E-state index in [9.17, 15) is 14.7 Å². The Morgan fingerprint density at radius 2 is 2.05 bits per heavy atom. The van der Waals surface area contributed by atoms with Gasteiger partial charge in [0.1, 0.15) is 0 Å². The fourth-order valence-electron chi connectivity index (χ4n) is 2.20. The first-order valence-electron chi connectivity index (χ1n) is 6.95. The van der Waals surface area contributed by atoms with Gasteiger partial charge in [0.15, 0.2) is 0 Å². The summed E-state index contributed by atoms with van der Waals surface area (Å²) in [7, 11) is 0. The number of amides is 1. The van der Waals surface area contributed by atoms with E-state index in [-0.39, 0.29) is 25.1 Å². The first-order chi connectivity index (χ1) is 10.0. The van der Waals surface area contributed by atoms with E-state index in [0.29, 0.717) is 10.4 Å². The van der Waals surface area contributed by atoms with E-state index in [1.54, 1.807) is 16.3 Å². The molecule has 0 aliphatic heterocycles. The van der Waals surface area contributed by atoms with Gasteiger partial charge in [-0.15, -0.1) is 11.3 Å². The lowest BCUT2D eigenvalue weighted by Gasteiger charge is -2.29. The summed E-state index contributed by atoms with van der Waals surface area (Å²) in [6.07, 6.45) is 4.07. The first-order valence-corrected chi connectivity index (χ1v) is 7.83. The number of thiophene rings is 1. The summed E-state index contributed by atoms with van der Waals surface area (Å²) in [4.78, 5) is 25.4. The van der Waals surface area contributed by atoms with Gasteiger partial charge >= 0.3 is 5.97 Å². The fourth-order valence-corrected chi connectivity index (χ4v) is 3.04. The number of aliphatic hydroxyl groups is 1. The highest BCUT2D eigenvalue weighted by atomic mass is 32.1. The molecule has 21 heavy (non-hydrogen) atoms. The van der Waals surface area contributed by atoms with Crippen molar-refractivity contribution in [2.24, 2.45) is 0 Å². The van der Waals surface area contributed by atoms with Gasteiger partial charge in [-0.1, -0.05) is 13.8 Å². The highest BCUT2D eigenvalue weighted by Gasteiger charge is 2.24. The Kier molecular flexibility index (Phi) is 7.11. The number of carbonyl (C=O) groups excluding carboxylic acids is 1. The minimum atomic E-state index is -1.05. The molecule has 0 unspecified atom stereocenters. The second kappa shape index (κ2) is 8.59. The molecule has 1 amide bonds. The molecule has 6 heteroatoms. The topological polar surface area (TPSA) is 77.8 Å². The number of aliphatic hydroxyl groups excluding tert-OH is 1. The Morgan fingerprint density at radius 3 is 2.57 bits per heavy atom. The molecule has 0 bridgehead atoms. The third kappa shape index (κ3) is 4.68. The molecule has 1 aromatic rings. The summed E-state index contributed by atoms with van der Waals surface area (Å²) in [5, 5.41) is 19.6. The number of carbonyl (C=O) groups is 2. The summed E-state index contributed by atoms with van der Waals surface area (Å²) in [5.41, 5.74) is 0.598. The summed E-state index contributed by atoms with van der Waals surface area (Å²) < 4.78 is 0. The average molecular weight is 311 g/mol. The van der Waals surface area contributed by atoms with Crippen molar-refractivity contribution in [2.75, 3.05) is 13.2 Å². The zero-order valence-corrected chi connectivity index (χ0v) is 13.1. The van der Waals surface area contributed by atoms with Crippen molar-refractivity contribution in [2.45, 2.75) is 32.7 Å². The molecule has 0 saturated heterocycles. The molecule has 1 aromatic heterocycles. The summed E-state index contributed by atoms with van der Waals surface area (Å²) in [5.74, 6) is -1.20. The van der Waals surface area contributed by atoms with Crippen LogP contribution in [0.25, 0.3) is 6.08 Å². The van der Waals surface area contributed by atoms with Crippen LogP contribution in [0.1, 0.15) is 41.9 Å². The molecule has 0 aliphatic rings. The standard InChI is InChI=1S/C15H21NO4S/c1-3-12(4-2)16(8-9-17)15(20)14-11(7-10-21-14)5-6-13(18)19/h5-7,10,12,17H,3-4,8-9H2,1-2H3,(H,18,19). The van der Waals surface area contributed by atoms with Crippen LogP contribution in [-0.2, 0) is 4.79 Å². The first kappa shape index (κ1) is 17.4. The van der Waals surface area contributed by atoms with Crippen LogP contribution in [-0.4, -0.2) is 46.2 Å². The SMILES string of the molecule is CCC(CC)N(CCO)C(=O)c1sccc1C=CC(=O)O. The Labute approximate surface area is 128 Å². The molecule has 116 valence electrons. The number of hydrogen-bond acceptors (Lipinski definition) is 4. The lowest BCUT2D eigenvalue weighted by Crippen LogP contribution is -2.41. The van der Waals surface area contributed by atoms with Crippen LogP contribution in [0.4, 0.5) is 0 Å². The molecule has 1 rings (SSSR count). The van der Waals surface area contributed by atoms with Crippen molar-refractivity contribution in [3.8, 4) is 0 Å². The van der Waals surface area contributed by atoms with E-state index in [0.717, 1.165) is 18.9 Å². The molecule has 1 heterocycles. The number of carboxylic acid groups (broad SMARTS) is 1. The zero-order chi connectivity index (χ0) is 15.8. The molecule has 0 fully saturated rings. The van der Waals surface area contributed by atoms with E-state index < -0.39 is 5.97 Å². The predicted octanol–water partition coefficient (Wildman–Crippen LogP) is 2.47. The van der Waals surface area contributed by atoms with Crippen molar-refractivity contribution in [1.82, 2.24) is 4.90 Å². The van der Waals surface area contributed by atoms with Crippen LogP contribution in [0.3, 0.4) is 0 Å². The maximum Gasteiger partial charge on any atom is 0.328 e. The molecule has 2 N–H and O–H groups in total. The van der Waals surface area contributed by atoms with Crippen LogP contribution in [0, 0.1) is 0 Å². The van der Waals surface area contributed by atoms with E-state index in [4.69, 9.17) is 5.11 Å². The molecule has 0 radical (unpaired) electrons. The predicted molar refractivity (Wildman–Crippen MR) is 83.5 cm³/mol. The van der Waals surface area contributed by atoms with E-state index >= 15 is 0 Å². The van der Waals surface area contributed by atoms with Crippen molar-refractivity contribution < 1.29 is 19.8 Å². The van der Waals surface area contributed by atoms with Crippen molar-refractivity contribution in [3.63, 3.8) is 0 Å². The Hall–Kier alpha value is -1.66. The molecule has 0 aromatic carbocycles. The monoisotopic (exact) mass is 311 g/mol. The van der Waals surface area contributed by atoms with Crippen molar-refractivity contribution >= 4 is 29.3 Å². The van der Waals surface area contributed by atoms with Gasteiger partial charge in [-0.3, -0.25) is 4.79 Å². The smallest absolute Gasteiger partial charge is 0.328 e. The zero-order valence-electron chi connectivity index (χ0n) is 12.3. The lowest BCUT2D eigenvalue weighted by atomic mass is 10.1. The van der Waals surface area contributed by atoms with Crippen LogP contribution < -0.4 is 0 Å². The Bertz CT molecular complexity index is 506. The van der Waals surface area contributed by atoms with Gasteiger partial charge in [-0.05, 0) is 35.9 Å². The Morgan fingerprint density at radius 1 is 1.38 bits per heavy atom. The third-order valence-electron chi connectivity index (χ3n) is 3.28. The average Bonchev–Trinajstić information content (AvgIpc) is 2.93. The lowest BCUT2D eigenvalue weighted by molar-refractivity contribution is -0.131. The summed E-state index contributed by atoms with van der Waals surface area (Å²) in [6, 6.07) is 1.80. The molecule has 0 saturated carbocycles. The van der Waals surface area contributed by atoms with Gasteiger partial charge in [-0.2, -0.15) is 0 Å². The van der Waals surface area contributed by atoms with Gasteiger partial charge in [0.2, 0.25) is 0 Å². The number of hydrogen-bond donors (Lipinski definition) is 2. The quantitative estimate of drug-likeness (QED) is 0.723. The van der Waals surface area contributed by atoms with Gasteiger partial charge in [0.25, 0.3) is 5.91 Å². The van der Waals surface area contributed by atoms with Crippen LogP contribution in [0.15, 0.2) is 17.5 Å². The van der Waals surface area contributed by atoms with E-state index in [1.165, 1.54) is 17.4 Å².